The maximum absolute atomic E-state index is 12.3. The number of nitrogens with one attached hydrogen (secondary N) is 1. The number of rotatable bonds is 8. The highest BCUT2D eigenvalue weighted by Crippen LogP contribution is 2.16. The number of para-hydroxylation sites is 1. The second kappa shape index (κ2) is 8.42. The van der Waals surface area contributed by atoms with Crippen LogP contribution in [0.25, 0.3) is 0 Å². The molecule has 1 unspecified atom stereocenters. The van der Waals surface area contributed by atoms with E-state index in [0.29, 0.717) is 6.54 Å². The largest absolute Gasteiger partial charge is 0.480 e. The summed E-state index contributed by atoms with van der Waals surface area (Å²) in [6.07, 6.45) is 1.63. The SMILES string of the molecule is CCCN(CC(=O)O)C(C)C(=O)Nc1ccccc1CC. The van der Waals surface area contributed by atoms with Crippen LogP contribution in [-0.4, -0.2) is 41.0 Å². The quantitative estimate of drug-likeness (QED) is 0.772. The van der Waals surface area contributed by atoms with Crippen LogP contribution >= 0.6 is 0 Å². The van der Waals surface area contributed by atoms with Gasteiger partial charge in [-0.3, -0.25) is 14.5 Å². The number of anilines is 1. The fraction of sp³-hybridized carbons (Fsp3) is 0.500. The van der Waals surface area contributed by atoms with Crippen LogP contribution in [0.5, 0.6) is 0 Å². The molecule has 0 radical (unpaired) electrons. The molecular weight excluding hydrogens is 268 g/mol. The fourth-order valence-corrected chi connectivity index (χ4v) is 2.22. The van der Waals surface area contributed by atoms with E-state index in [2.05, 4.69) is 5.32 Å². The Morgan fingerprint density at radius 3 is 2.52 bits per heavy atom. The number of carbonyl (C=O) groups is 2. The number of carboxylic acid groups (broad SMARTS) is 1. The van der Waals surface area contributed by atoms with Crippen LogP contribution in [0.1, 0.15) is 32.8 Å². The summed E-state index contributed by atoms with van der Waals surface area (Å²) in [6, 6.07) is 7.17. The molecule has 1 rings (SSSR count). The molecule has 0 spiro atoms. The first kappa shape index (κ1) is 17.2. The Kier molecular flexibility index (Phi) is 6.88. The van der Waals surface area contributed by atoms with Crippen LogP contribution in [0.15, 0.2) is 24.3 Å². The van der Waals surface area contributed by atoms with E-state index in [1.54, 1.807) is 11.8 Å². The van der Waals surface area contributed by atoms with E-state index in [1.165, 1.54) is 0 Å². The lowest BCUT2D eigenvalue weighted by molar-refractivity contribution is -0.139. The Bertz CT molecular complexity index is 488. The van der Waals surface area contributed by atoms with E-state index in [0.717, 1.165) is 24.1 Å². The third kappa shape index (κ3) is 5.19. The van der Waals surface area contributed by atoms with Crippen molar-refractivity contribution in [3.05, 3.63) is 29.8 Å². The van der Waals surface area contributed by atoms with Crippen molar-refractivity contribution in [1.82, 2.24) is 4.90 Å². The Morgan fingerprint density at radius 1 is 1.29 bits per heavy atom. The Labute approximate surface area is 126 Å². The maximum atomic E-state index is 12.3. The van der Waals surface area contributed by atoms with E-state index in [4.69, 9.17) is 5.11 Å². The normalized spacial score (nSPS) is 12.2. The molecule has 1 amide bonds. The van der Waals surface area contributed by atoms with Gasteiger partial charge in [-0.05, 0) is 37.9 Å². The van der Waals surface area contributed by atoms with Gasteiger partial charge in [-0.2, -0.15) is 0 Å². The summed E-state index contributed by atoms with van der Waals surface area (Å²) in [5, 5.41) is 11.8. The molecule has 5 heteroatoms. The highest BCUT2D eigenvalue weighted by atomic mass is 16.4. The van der Waals surface area contributed by atoms with E-state index in [9.17, 15) is 9.59 Å². The Morgan fingerprint density at radius 2 is 1.95 bits per heavy atom. The van der Waals surface area contributed by atoms with Crippen LogP contribution in [0.3, 0.4) is 0 Å². The van der Waals surface area contributed by atoms with Gasteiger partial charge in [-0.15, -0.1) is 0 Å². The number of aryl methyl sites for hydroxylation is 1. The molecular formula is C16H24N2O3. The molecule has 0 aliphatic carbocycles. The number of benzene rings is 1. The van der Waals surface area contributed by atoms with Crippen LogP contribution in [0, 0.1) is 0 Å². The Balaban J connectivity index is 2.78. The third-order valence-corrected chi connectivity index (χ3v) is 3.43. The van der Waals surface area contributed by atoms with Gasteiger partial charge in [0.15, 0.2) is 0 Å². The van der Waals surface area contributed by atoms with Gasteiger partial charge in [-0.1, -0.05) is 32.0 Å². The molecule has 21 heavy (non-hydrogen) atoms. The lowest BCUT2D eigenvalue weighted by Crippen LogP contribution is -2.45. The van der Waals surface area contributed by atoms with Crippen LogP contribution in [-0.2, 0) is 16.0 Å². The molecule has 1 aromatic rings. The molecule has 0 aliphatic rings. The van der Waals surface area contributed by atoms with Crippen molar-refractivity contribution >= 4 is 17.6 Å². The van der Waals surface area contributed by atoms with Crippen LogP contribution < -0.4 is 5.32 Å². The molecule has 0 heterocycles. The van der Waals surface area contributed by atoms with Crippen molar-refractivity contribution in [3.8, 4) is 0 Å². The molecule has 0 fully saturated rings. The summed E-state index contributed by atoms with van der Waals surface area (Å²) in [7, 11) is 0. The second-order valence-electron chi connectivity index (χ2n) is 5.04. The van der Waals surface area contributed by atoms with Crippen molar-refractivity contribution in [1.29, 1.82) is 0 Å². The van der Waals surface area contributed by atoms with Gasteiger partial charge in [0.25, 0.3) is 0 Å². The average molecular weight is 292 g/mol. The number of carbonyl (C=O) groups excluding carboxylic acids is 1. The highest BCUT2D eigenvalue weighted by Gasteiger charge is 2.23. The maximum Gasteiger partial charge on any atom is 0.317 e. The van der Waals surface area contributed by atoms with Crippen molar-refractivity contribution < 1.29 is 14.7 Å². The standard InChI is InChI=1S/C16H24N2O3/c1-4-10-18(11-15(19)20)12(3)16(21)17-14-9-7-6-8-13(14)5-2/h6-9,12H,4-5,10-11H2,1-3H3,(H,17,21)(H,19,20). The summed E-state index contributed by atoms with van der Waals surface area (Å²) in [4.78, 5) is 24.9. The summed E-state index contributed by atoms with van der Waals surface area (Å²) >= 11 is 0. The zero-order valence-corrected chi connectivity index (χ0v) is 12.9. The summed E-state index contributed by atoms with van der Waals surface area (Å²) in [5.74, 6) is -1.09. The van der Waals surface area contributed by atoms with Gasteiger partial charge in [0.1, 0.15) is 0 Å². The van der Waals surface area contributed by atoms with Gasteiger partial charge >= 0.3 is 5.97 Å². The van der Waals surface area contributed by atoms with Crippen molar-refractivity contribution in [3.63, 3.8) is 0 Å². The molecule has 0 saturated heterocycles. The lowest BCUT2D eigenvalue weighted by atomic mass is 10.1. The third-order valence-electron chi connectivity index (χ3n) is 3.43. The number of aliphatic carboxylic acids is 1. The van der Waals surface area contributed by atoms with Crippen LogP contribution in [0.2, 0.25) is 0 Å². The molecule has 0 aliphatic heterocycles. The van der Waals surface area contributed by atoms with Gasteiger partial charge in [0.2, 0.25) is 5.91 Å². The number of nitrogens with zero attached hydrogens (tertiary/aromatic N) is 1. The molecule has 0 saturated carbocycles. The molecule has 1 atom stereocenters. The molecule has 2 N–H and O–H groups in total. The minimum atomic E-state index is -0.919. The molecule has 5 nitrogen and oxygen atoms in total. The van der Waals surface area contributed by atoms with Crippen molar-refractivity contribution in [2.24, 2.45) is 0 Å². The summed E-state index contributed by atoms with van der Waals surface area (Å²) in [6.45, 7) is 6.19. The first-order valence-electron chi connectivity index (χ1n) is 7.34. The lowest BCUT2D eigenvalue weighted by Gasteiger charge is -2.26. The fourth-order valence-electron chi connectivity index (χ4n) is 2.22. The first-order chi connectivity index (χ1) is 9.99. The number of amides is 1. The van der Waals surface area contributed by atoms with Gasteiger partial charge < -0.3 is 10.4 Å². The average Bonchev–Trinajstić information content (AvgIpc) is 2.46. The minimum absolute atomic E-state index is 0.127. The zero-order valence-electron chi connectivity index (χ0n) is 12.9. The zero-order chi connectivity index (χ0) is 15.8. The predicted octanol–water partition coefficient (Wildman–Crippen LogP) is 2.37. The van der Waals surface area contributed by atoms with Gasteiger partial charge in [0.05, 0.1) is 12.6 Å². The summed E-state index contributed by atoms with van der Waals surface area (Å²) in [5.41, 5.74) is 1.86. The monoisotopic (exact) mass is 292 g/mol. The second-order valence-corrected chi connectivity index (χ2v) is 5.04. The number of hydrogen-bond acceptors (Lipinski definition) is 3. The molecule has 0 bridgehead atoms. The Hall–Kier alpha value is -1.88. The predicted molar refractivity (Wildman–Crippen MR) is 83.4 cm³/mol. The molecule has 1 aromatic carbocycles. The number of hydrogen-bond donors (Lipinski definition) is 2. The van der Waals surface area contributed by atoms with Crippen LogP contribution in [0.4, 0.5) is 5.69 Å². The molecule has 116 valence electrons. The molecule has 0 aromatic heterocycles. The highest BCUT2D eigenvalue weighted by molar-refractivity contribution is 5.95. The van der Waals surface area contributed by atoms with E-state index in [-0.39, 0.29) is 12.5 Å². The summed E-state index contributed by atoms with van der Waals surface area (Å²) < 4.78 is 0. The minimum Gasteiger partial charge on any atom is -0.480 e. The van der Waals surface area contributed by atoms with E-state index < -0.39 is 12.0 Å². The number of carboxylic acids is 1. The first-order valence-corrected chi connectivity index (χ1v) is 7.34. The van der Waals surface area contributed by atoms with Gasteiger partial charge in [-0.25, -0.2) is 0 Å². The smallest absolute Gasteiger partial charge is 0.317 e. The van der Waals surface area contributed by atoms with Gasteiger partial charge in [0, 0.05) is 5.69 Å². The van der Waals surface area contributed by atoms with E-state index >= 15 is 0 Å². The topological polar surface area (TPSA) is 69.6 Å². The van der Waals surface area contributed by atoms with Crippen molar-refractivity contribution in [2.45, 2.75) is 39.7 Å². The van der Waals surface area contributed by atoms with E-state index in [1.807, 2.05) is 38.1 Å². The van der Waals surface area contributed by atoms with Crippen molar-refractivity contribution in [2.75, 3.05) is 18.4 Å².